The smallest absolute Gasteiger partial charge is 0.259 e. The van der Waals surface area contributed by atoms with Crippen LogP contribution in [0.2, 0.25) is 0 Å². The van der Waals surface area contributed by atoms with Gasteiger partial charge in [-0.25, -0.2) is 4.39 Å². The van der Waals surface area contributed by atoms with Crippen LogP contribution in [-0.4, -0.2) is 67.7 Å². The van der Waals surface area contributed by atoms with Gasteiger partial charge >= 0.3 is 0 Å². The Balaban J connectivity index is 0.00000218. The molecule has 162 valence electrons. The summed E-state index contributed by atoms with van der Waals surface area (Å²) in [5.41, 5.74) is 1.05. The van der Waals surface area contributed by atoms with Crippen LogP contribution in [0.5, 0.6) is 0 Å². The zero-order valence-electron chi connectivity index (χ0n) is 16.8. The number of carbonyl (C=O) groups is 1. The van der Waals surface area contributed by atoms with Gasteiger partial charge in [-0.05, 0) is 25.0 Å². The number of anilines is 1. The number of carbonyl (C=O) groups excluding carboxylic acids is 1. The molecular weight excluding hydrogens is 409 g/mol. The number of rotatable bonds is 3. The van der Waals surface area contributed by atoms with Crippen molar-refractivity contribution in [3.05, 3.63) is 39.9 Å². The SMILES string of the molecule is Cl.O=C(c1cn(C2CC2)c2cc(N3CCNCC3)c(F)cc2c1=O)N1CCNCC1. The van der Waals surface area contributed by atoms with Gasteiger partial charge in [0.15, 0.2) is 0 Å². The average Bonchev–Trinajstić information content (AvgIpc) is 3.60. The first-order valence-corrected chi connectivity index (χ1v) is 10.5. The Labute approximate surface area is 180 Å². The van der Waals surface area contributed by atoms with E-state index in [-0.39, 0.29) is 35.3 Å². The Bertz CT molecular complexity index is 1010. The Kier molecular flexibility index (Phi) is 5.99. The second kappa shape index (κ2) is 8.53. The molecule has 1 aliphatic carbocycles. The zero-order chi connectivity index (χ0) is 20.0. The summed E-state index contributed by atoms with van der Waals surface area (Å²) in [7, 11) is 0. The summed E-state index contributed by atoms with van der Waals surface area (Å²) in [5.74, 6) is -0.648. The molecule has 3 aliphatic rings. The van der Waals surface area contributed by atoms with Crippen LogP contribution in [0, 0.1) is 5.82 Å². The van der Waals surface area contributed by atoms with E-state index in [4.69, 9.17) is 0 Å². The molecule has 5 rings (SSSR count). The third-order valence-corrected chi connectivity index (χ3v) is 6.13. The summed E-state index contributed by atoms with van der Waals surface area (Å²) in [4.78, 5) is 29.9. The van der Waals surface area contributed by atoms with Crippen molar-refractivity contribution in [2.75, 3.05) is 57.3 Å². The van der Waals surface area contributed by atoms with E-state index < -0.39 is 5.82 Å². The number of nitrogens with one attached hydrogen (secondary N) is 2. The highest BCUT2D eigenvalue weighted by molar-refractivity contribution is 5.98. The molecule has 2 N–H and O–H groups in total. The molecule has 1 aromatic heterocycles. The molecule has 30 heavy (non-hydrogen) atoms. The predicted octanol–water partition coefficient (Wildman–Crippen LogP) is 1.35. The van der Waals surface area contributed by atoms with Gasteiger partial charge in [-0.3, -0.25) is 9.59 Å². The molecule has 1 amide bonds. The van der Waals surface area contributed by atoms with Gasteiger partial charge in [0.25, 0.3) is 5.91 Å². The van der Waals surface area contributed by atoms with E-state index in [1.807, 2.05) is 9.47 Å². The Hall–Kier alpha value is -2.16. The van der Waals surface area contributed by atoms with E-state index in [1.54, 1.807) is 17.2 Å². The highest BCUT2D eigenvalue weighted by Gasteiger charge is 2.29. The van der Waals surface area contributed by atoms with E-state index in [2.05, 4.69) is 10.6 Å². The lowest BCUT2D eigenvalue weighted by Gasteiger charge is -2.30. The number of hydrogen-bond acceptors (Lipinski definition) is 5. The fourth-order valence-electron chi connectivity index (χ4n) is 4.35. The van der Waals surface area contributed by atoms with Crippen molar-refractivity contribution in [1.29, 1.82) is 0 Å². The Morgan fingerprint density at radius 3 is 2.27 bits per heavy atom. The third kappa shape index (κ3) is 3.79. The van der Waals surface area contributed by atoms with Gasteiger partial charge in [0.2, 0.25) is 5.43 Å². The highest BCUT2D eigenvalue weighted by atomic mass is 35.5. The van der Waals surface area contributed by atoms with Crippen molar-refractivity contribution in [2.45, 2.75) is 18.9 Å². The monoisotopic (exact) mass is 435 g/mol. The number of pyridine rings is 1. The van der Waals surface area contributed by atoms with Crippen molar-refractivity contribution in [3.8, 4) is 0 Å². The number of fused-ring (bicyclic) bond motifs is 1. The van der Waals surface area contributed by atoms with Crippen LogP contribution in [-0.2, 0) is 0 Å². The Morgan fingerprint density at radius 2 is 1.63 bits per heavy atom. The van der Waals surface area contributed by atoms with Crippen molar-refractivity contribution in [1.82, 2.24) is 20.1 Å². The summed E-state index contributed by atoms with van der Waals surface area (Å²) in [6.45, 7) is 5.69. The molecule has 0 radical (unpaired) electrons. The molecule has 1 aromatic carbocycles. The molecular formula is C21H27ClFN5O2. The summed E-state index contributed by atoms with van der Waals surface area (Å²) in [6, 6.07) is 3.41. The molecule has 3 fully saturated rings. The minimum atomic E-state index is -0.398. The second-order valence-corrected chi connectivity index (χ2v) is 8.11. The lowest BCUT2D eigenvalue weighted by molar-refractivity contribution is 0.0734. The van der Waals surface area contributed by atoms with Crippen LogP contribution < -0.4 is 21.0 Å². The van der Waals surface area contributed by atoms with Crippen molar-refractivity contribution in [3.63, 3.8) is 0 Å². The standard InChI is InChI=1S/C21H26FN5O2.ClH/c22-17-11-15-18(12-19(17)25-7-3-23-4-8-25)27(14-1-2-14)13-16(20(15)28)21(29)26-9-5-24-6-10-26;/h11-14,23-24H,1-10H2;1H. The van der Waals surface area contributed by atoms with Crippen molar-refractivity contribution >= 4 is 34.9 Å². The van der Waals surface area contributed by atoms with E-state index >= 15 is 4.39 Å². The largest absolute Gasteiger partial charge is 0.367 e. The quantitative estimate of drug-likeness (QED) is 0.761. The zero-order valence-corrected chi connectivity index (χ0v) is 17.6. The summed E-state index contributed by atoms with van der Waals surface area (Å²) >= 11 is 0. The molecule has 0 atom stereocenters. The van der Waals surface area contributed by atoms with E-state index in [1.165, 1.54) is 6.07 Å². The molecule has 0 bridgehead atoms. The van der Waals surface area contributed by atoms with Crippen molar-refractivity contribution in [2.24, 2.45) is 0 Å². The van der Waals surface area contributed by atoms with Gasteiger partial charge in [-0.15, -0.1) is 12.4 Å². The van der Waals surface area contributed by atoms with Crippen LogP contribution in [0.4, 0.5) is 10.1 Å². The minimum Gasteiger partial charge on any atom is -0.367 e. The predicted molar refractivity (Wildman–Crippen MR) is 118 cm³/mol. The molecule has 0 unspecified atom stereocenters. The maximum Gasteiger partial charge on any atom is 0.259 e. The number of nitrogens with zero attached hydrogens (tertiary/aromatic N) is 3. The number of benzene rings is 1. The number of piperazine rings is 2. The van der Waals surface area contributed by atoms with Gasteiger partial charge < -0.3 is 25.0 Å². The normalized spacial score (nSPS) is 19.6. The lowest BCUT2D eigenvalue weighted by atomic mass is 10.1. The van der Waals surface area contributed by atoms with Crippen LogP contribution in [0.3, 0.4) is 0 Å². The summed E-state index contributed by atoms with van der Waals surface area (Å²) < 4.78 is 17.0. The van der Waals surface area contributed by atoms with E-state index in [0.717, 1.165) is 57.6 Å². The van der Waals surface area contributed by atoms with Crippen LogP contribution in [0.15, 0.2) is 23.1 Å². The first kappa shape index (κ1) is 21.1. The fraction of sp³-hybridized carbons (Fsp3) is 0.524. The van der Waals surface area contributed by atoms with Gasteiger partial charge in [0, 0.05) is 70.0 Å². The van der Waals surface area contributed by atoms with Gasteiger partial charge in [-0.2, -0.15) is 0 Å². The maximum absolute atomic E-state index is 15.0. The number of amides is 1. The minimum absolute atomic E-state index is 0. The van der Waals surface area contributed by atoms with Crippen LogP contribution >= 0.6 is 12.4 Å². The van der Waals surface area contributed by atoms with E-state index in [9.17, 15) is 9.59 Å². The molecule has 3 heterocycles. The topological polar surface area (TPSA) is 69.6 Å². The Morgan fingerprint density at radius 1 is 1.00 bits per heavy atom. The molecule has 2 aliphatic heterocycles. The summed E-state index contributed by atoms with van der Waals surface area (Å²) in [5, 5.41) is 6.79. The van der Waals surface area contributed by atoms with Gasteiger partial charge in [0.05, 0.1) is 11.2 Å². The third-order valence-electron chi connectivity index (χ3n) is 6.13. The van der Waals surface area contributed by atoms with Crippen LogP contribution in [0.25, 0.3) is 10.9 Å². The maximum atomic E-state index is 15.0. The number of hydrogen-bond donors (Lipinski definition) is 2. The fourth-order valence-corrected chi connectivity index (χ4v) is 4.35. The van der Waals surface area contributed by atoms with Crippen molar-refractivity contribution < 1.29 is 9.18 Å². The van der Waals surface area contributed by atoms with Gasteiger partial charge in [-0.1, -0.05) is 0 Å². The van der Waals surface area contributed by atoms with Gasteiger partial charge in [0.1, 0.15) is 11.4 Å². The molecule has 9 heteroatoms. The molecule has 0 spiro atoms. The highest BCUT2D eigenvalue weighted by Crippen LogP contribution is 2.38. The number of halogens is 2. The van der Waals surface area contributed by atoms with E-state index in [0.29, 0.717) is 24.2 Å². The molecule has 2 aromatic rings. The summed E-state index contributed by atoms with van der Waals surface area (Å²) in [6.07, 6.45) is 3.74. The molecule has 2 saturated heterocycles. The first-order chi connectivity index (χ1) is 14.1. The lowest BCUT2D eigenvalue weighted by Crippen LogP contribution is -2.47. The molecule has 7 nitrogen and oxygen atoms in total. The first-order valence-electron chi connectivity index (χ1n) is 10.5. The molecule has 1 saturated carbocycles. The second-order valence-electron chi connectivity index (χ2n) is 8.11. The van der Waals surface area contributed by atoms with Crippen LogP contribution in [0.1, 0.15) is 29.2 Å². The average molecular weight is 436 g/mol. The number of aromatic nitrogens is 1.